The van der Waals surface area contributed by atoms with Crippen molar-refractivity contribution in [1.82, 2.24) is 10.6 Å². The summed E-state index contributed by atoms with van der Waals surface area (Å²) in [6.45, 7) is 4.20. The molecule has 0 spiro atoms. The smallest absolute Gasteiger partial charge is 0.191 e. The molecule has 162 valence electrons. The van der Waals surface area contributed by atoms with Crippen LogP contribution in [0.15, 0.2) is 29.3 Å². The van der Waals surface area contributed by atoms with Gasteiger partial charge in [0.15, 0.2) is 5.96 Å². The summed E-state index contributed by atoms with van der Waals surface area (Å²) in [5.41, 5.74) is 1.74. The van der Waals surface area contributed by atoms with E-state index in [9.17, 15) is 0 Å². The molecule has 29 heavy (non-hydrogen) atoms. The van der Waals surface area contributed by atoms with E-state index in [0.29, 0.717) is 5.41 Å². The van der Waals surface area contributed by atoms with Crippen molar-refractivity contribution in [3.8, 4) is 5.75 Å². The average Bonchev–Trinajstić information content (AvgIpc) is 2.75. The Morgan fingerprint density at radius 3 is 2.28 bits per heavy atom. The second-order valence-corrected chi connectivity index (χ2v) is 8.50. The summed E-state index contributed by atoms with van der Waals surface area (Å²) in [7, 11) is 5.34. The van der Waals surface area contributed by atoms with Crippen molar-refractivity contribution in [2.75, 3.05) is 54.2 Å². The number of hydrogen-bond acceptors (Lipinski definition) is 4. The summed E-state index contributed by atoms with van der Waals surface area (Å²) < 4.78 is 16.3. The van der Waals surface area contributed by atoms with Crippen LogP contribution < -0.4 is 15.4 Å². The summed E-state index contributed by atoms with van der Waals surface area (Å²) in [6, 6.07) is 8.48. The van der Waals surface area contributed by atoms with E-state index in [2.05, 4.69) is 39.9 Å². The van der Waals surface area contributed by atoms with Gasteiger partial charge in [-0.1, -0.05) is 18.6 Å². The van der Waals surface area contributed by atoms with E-state index in [1.54, 1.807) is 14.2 Å². The van der Waals surface area contributed by atoms with Crippen molar-refractivity contribution in [1.29, 1.82) is 0 Å². The molecule has 1 saturated heterocycles. The highest BCUT2D eigenvalue weighted by atomic mass is 16.5. The molecular formula is C23H37N3O3. The van der Waals surface area contributed by atoms with Gasteiger partial charge in [-0.2, -0.15) is 0 Å². The van der Waals surface area contributed by atoms with Crippen molar-refractivity contribution in [3.05, 3.63) is 29.8 Å². The highest BCUT2D eigenvalue weighted by Crippen LogP contribution is 2.43. The van der Waals surface area contributed by atoms with Crippen LogP contribution in [0.5, 0.6) is 5.75 Å². The Labute approximate surface area is 175 Å². The fourth-order valence-corrected chi connectivity index (χ4v) is 4.53. The average molecular weight is 404 g/mol. The third kappa shape index (κ3) is 5.43. The van der Waals surface area contributed by atoms with Gasteiger partial charge in [-0.25, -0.2) is 0 Å². The molecule has 6 nitrogen and oxygen atoms in total. The number of hydrogen-bond donors (Lipinski definition) is 2. The maximum absolute atomic E-state index is 5.67. The van der Waals surface area contributed by atoms with Crippen LogP contribution in [-0.4, -0.2) is 60.1 Å². The van der Waals surface area contributed by atoms with Gasteiger partial charge < -0.3 is 24.8 Å². The predicted octanol–water partition coefficient (Wildman–Crippen LogP) is 3.12. The van der Waals surface area contributed by atoms with E-state index >= 15 is 0 Å². The zero-order valence-electron chi connectivity index (χ0n) is 18.3. The molecule has 2 aliphatic rings. The van der Waals surface area contributed by atoms with Gasteiger partial charge in [0.05, 0.1) is 7.11 Å². The van der Waals surface area contributed by atoms with Crippen LogP contribution in [0, 0.1) is 5.41 Å². The monoisotopic (exact) mass is 403 g/mol. The number of nitrogens with one attached hydrogen (secondary N) is 2. The van der Waals surface area contributed by atoms with Gasteiger partial charge in [0, 0.05) is 52.5 Å². The quantitative estimate of drug-likeness (QED) is 0.490. The molecule has 0 atom stereocenters. The molecule has 0 bridgehead atoms. The van der Waals surface area contributed by atoms with E-state index in [4.69, 9.17) is 14.2 Å². The minimum Gasteiger partial charge on any atom is -0.497 e. The van der Waals surface area contributed by atoms with Gasteiger partial charge in [0.25, 0.3) is 0 Å². The van der Waals surface area contributed by atoms with Gasteiger partial charge in [0.1, 0.15) is 5.75 Å². The first-order valence-corrected chi connectivity index (χ1v) is 10.8. The number of ether oxygens (including phenoxy) is 3. The zero-order chi connectivity index (χ0) is 20.6. The third-order valence-corrected chi connectivity index (χ3v) is 6.85. The standard InChI is InChI=1S/C23H37N3O3/c1-24-21(25-17-22(9-4-10-22)11-14-27-2)26-18-23(12-15-29-16-13-23)19-5-7-20(28-3)8-6-19/h5-8H,4,9-18H2,1-3H3,(H2,24,25,26). The van der Waals surface area contributed by atoms with Gasteiger partial charge in [-0.15, -0.1) is 0 Å². The van der Waals surface area contributed by atoms with E-state index in [0.717, 1.165) is 63.9 Å². The third-order valence-electron chi connectivity index (χ3n) is 6.85. The lowest BCUT2D eigenvalue weighted by Crippen LogP contribution is -2.51. The van der Waals surface area contributed by atoms with Gasteiger partial charge >= 0.3 is 0 Å². The Hall–Kier alpha value is -1.79. The fourth-order valence-electron chi connectivity index (χ4n) is 4.53. The highest BCUT2D eigenvalue weighted by Gasteiger charge is 2.37. The molecule has 1 aromatic rings. The maximum atomic E-state index is 5.67. The predicted molar refractivity (Wildman–Crippen MR) is 117 cm³/mol. The molecule has 1 aliphatic carbocycles. The maximum Gasteiger partial charge on any atom is 0.191 e. The number of nitrogens with zero attached hydrogens (tertiary/aromatic N) is 1. The molecule has 1 aliphatic heterocycles. The Morgan fingerprint density at radius 1 is 1.03 bits per heavy atom. The highest BCUT2D eigenvalue weighted by molar-refractivity contribution is 5.79. The molecule has 1 heterocycles. The Kier molecular flexibility index (Phi) is 7.78. The van der Waals surface area contributed by atoms with E-state index in [1.165, 1.54) is 24.8 Å². The number of rotatable bonds is 9. The summed E-state index contributed by atoms with van der Waals surface area (Å²) in [6.07, 6.45) is 6.97. The minimum absolute atomic E-state index is 0.0480. The summed E-state index contributed by atoms with van der Waals surface area (Å²) in [4.78, 5) is 4.48. The number of methoxy groups -OCH3 is 2. The van der Waals surface area contributed by atoms with Crippen molar-refractivity contribution in [2.24, 2.45) is 10.4 Å². The van der Waals surface area contributed by atoms with Crippen LogP contribution in [0.2, 0.25) is 0 Å². The molecule has 0 radical (unpaired) electrons. The van der Waals surface area contributed by atoms with Crippen LogP contribution in [-0.2, 0) is 14.9 Å². The molecule has 2 N–H and O–H groups in total. The number of benzene rings is 1. The topological polar surface area (TPSA) is 64.1 Å². The molecule has 1 saturated carbocycles. The van der Waals surface area contributed by atoms with Crippen molar-refractivity contribution in [3.63, 3.8) is 0 Å². The molecule has 0 amide bonds. The second-order valence-electron chi connectivity index (χ2n) is 8.50. The van der Waals surface area contributed by atoms with E-state index < -0.39 is 0 Å². The normalized spacial score (nSPS) is 20.6. The van der Waals surface area contributed by atoms with Crippen LogP contribution in [0.1, 0.15) is 44.1 Å². The molecule has 1 aromatic carbocycles. The van der Waals surface area contributed by atoms with Crippen LogP contribution in [0.3, 0.4) is 0 Å². The van der Waals surface area contributed by atoms with Gasteiger partial charge in [-0.05, 0) is 55.2 Å². The summed E-state index contributed by atoms with van der Waals surface area (Å²) in [5.74, 6) is 1.77. The second kappa shape index (κ2) is 10.3. The largest absolute Gasteiger partial charge is 0.497 e. The minimum atomic E-state index is 0.0480. The van der Waals surface area contributed by atoms with Crippen LogP contribution in [0.4, 0.5) is 0 Å². The lowest BCUT2D eigenvalue weighted by Gasteiger charge is -2.43. The Bertz CT molecular complexity index is 650. The summed E-state index contributed by atoms with van der Waals surface area (Å²) in [5, 5.41) is 7.18. The van der Waals surface area contributed by atoms with Crippen LogP contribution in [0.25, 0.3) is 0 Å². The molecule has 3 rings (SSSR count). The SMILES string of the molecule is CN=C(NCC1(CCOC)CCC1)NCC1(c2ccc(OC)cc2)CCOCC1. The fraction of sp³-hybridized carbons (Fsp3) is 0.696. The van der Waals surface area contributed by atoms with E-state index in [1.807, 2.05) is 7.05 Å². The first kappa shape index (κ1) is 21.9. The lowest BCUT2D eigenvalue weighted by molar-refractivity contribution is 0.0512. The van der Waals surface area contributed by atoms with Gasteiger partial charge in [-0.3, -0.25) is 4.99 Å². The van der Waals surface area contributed by atoms with Crippen molar-refractivity contribution >= 4 is 5.96 Å². The first-order valence-electron chi connectivity index (χ1n) is 10.8. The van der Waals surface area contributed by atoms with Crippen LogP contribution >= 0.6 is 0 Å². The van der Waals surface area contributed by atoms with Crippen molar-refractivity contribution in [2.45, 2.75) is 43.9 Å². The van der Waals surface area contributed by atoms with Crippen molar-refractivity contribution < 1.29 is 14.2 Å². The Morgan fingerprint density at radius 2 is 1.72 bits per heavy atom. The molecular weight excluding hydrogens is 366 g/mol. The lowest BCUT2D eigenvalue weighted by atomic mass is 9.67. The molecule has 6 heteroatoms. The molecule has 2 fully saturated rings. The first-order chi connectivity index (χ1) is 14.2. The van der Waals surface area contributed by atoms with Gasteiger partial charge in [0.2, 0.25) is 0 Å². The summed E-state index contributed by atoms with van der Waals surface area (Å²) >= 11 is 0. The Balaban J connectivity index is 1.61. The number of aliphatic imine (C=N–C) groups is 1. The molecule has 0 aromatic heterocycles. The number of guanidine groups is 1. The zero-order valence-corrected chi connectivity index (χ0v) is 18.3. The van der Waals surface area contributed by atoms with E-state index in [-0.39, 0.29) is 5.41 Å². The molecule has 0 unspecified atom stereocenters.